The zero-order valence-corrected chi connectivity index (χ0v) is 17.3. The van der Waals surface area contributed by atoms with Crippen molar-refractivity contribution >= 4 is 35.8 Å². The van der Waals surface area contributed by atoms with E-state index in [9.17, 15) is 4.79 Å². The van der Waals surface area contributed by atoms with Gasteiger partial charge >= 0.3 is 0 Å². The molecule has 1 rings (SSSR count). The summed E-state index contributed by atoms with van der Waals surface area (Å²) >= 11 is 0. The Hall–Kier alpha value is -0.530. The Bertz CT molecular complexity index is 363. The van der Waals surface area contributed by atoms with Gasteiger partial charge in [-0.3, -0.25) is 9.79 Å². The number of hydrogen-bond acceptors (Lipinski definition) is 2. The van der Waals surface area contributed by atoms with Gasteiger partial charge in [0.25, 0.3) is 0 Å². The number of rotatable bonds is 8. The van der Waals surface area contributed by atoms with E-state index in [4.69, 9.17) is 5.73 Å². The van der Waals surface area contributed by atoms with Gasteiger partial charge in [-0.05, 0) is 31.1 Å². The van der Waals surface area contributed by atoms with Crippen molar-refractivity contribution in [1.29, 1.82) is 0 Å². The minimum Gasteiger partial charge on any atom is -0.370 e. The standard InChI is InChI=1S/C17H34N4O.HI/c1-4-6-8-14(5-2)12-20-17(19-3)21-10-7-9-15(13-21)11-16(18)22;/h14-15H,4-13H2,1-3H3,(H2,18,22)(H,19,20);1H. The summed E-state index contributed by atoms with van der Waals surface area (Å²) in [5.41, 5.74) is 5.34. The van der Waals surface area contributed by atoms with E-state index < -0.39 is 0 Å². The lowest BCUT2D eigenvalue weighted by molar-refractivity contribution is -0.119. The Labute approximate surface area is 158 Å². The summed E-state index contributed by atoms with van der Waals surface area (Å²) < 4.78 is 0. The normalized spacial score (nSPS) is 19.9. The Morgan fingerprint density at radius 1 is 1.43 bits per heavy atom. The molecule has 1 aliphatic rings. The molecule has 0 aromatic heterocycles. The van der Waals surface area contributed by atoms with Crippen molar-refractivity contribution in [1.82, 2.24) is 10.2 Å². The molecule has 1 heterocycles. The third-order valence-corrected chi connectivity index (χ3v) is 4.61. The zero-order chi connectivity index (χ0) is 16.4. The molecule has 1 saturated heterocycles. The van der Waals surface area contributed by atoms with E-state index in [2.05, 4.69) is 29.1 Å². The molecule has 1 fully saturated rings. The maximum atomic E-state index is 11.1. The lowest BCUT2D eigenvalue weighted by Crippen LogP contribution is -2.48. The molecule has 0 saturated carbocycles. The van der Waals surface area contributed by atoms with Gasteiger partial charge in [-0.2, -0.15) is 0 Å². The lowest BCUT2D eigenvalue weighted by atomic mass is 9.94. The number of halogens is 1. The monoisotopic (exact) mass is 438 g/mol. The number of hydrogen-bond donors (Lipinski definition) is 2. The average Bonchev–Trinajstić information content (AvgIpc) is 2.50. The van der Waals surface area contributed by atoms with Crippen LogP contribution in [0.25, 0.3) is 0 Å². The van der Waals surface area contributed by atoms with Crippen LogP contribution in [0, 0.1) is 11.8 Å². The van der Waals surface area contributed by atoms with E-state index in [0.717, 1.165) is 38.4 Å². The summed E-state index contributed by atoms with van der Waals surface area (Å²) in [7, 11) is 1.84. The third kappa shape index (κ3) is 8.77. The Morgan fingerprint density at radius 2 is 2.17 bits per heavy atom. The fourth-order valence-corrected chi connectivity index (χ4v) is 3.22. The maximum absolute atomic E-state index is 11.1. The van der Waals surface area contributed by atoms with Crippen molar-refractivity contribution in [3.63, 3.8) is 0 Å². The fraction of sp³-hybridized carbons (Fsp3) is 0.882. The average molecular weight is 438 g/mol. The molecule has 2 atom stereocenters. The molecule has 0 aliphatic carbocycles. The number of piperidine rings is 1. The quantitative estimate of drug-likeness (QED) is 0.348. The molecule has 0 spiro atoms. The number of likely N-dealkylation sites (tertiary alicyclic amines) is 1. The first kappa shape index (κ1) is 22.5. The van der Waals surface area contributed by atoms with Crippen LogP contribution in [0.3, 0.4) is 0 Å². The topological polar surface area (TPSA) is 70.7 Å². The van der Waals surface area contributed by atoms with Crippen LogP contribution >= 0.6 is 24.0 Å². The third-order valence-electron chi connectivity index (χ3n) is 4.61. The highest BCUT2D eigenvalue weighted by atomic mass is 127. The summed E-state index contributed by atoms with van der Waals surface area (Å²) in [5.74, 6) is 1.86. The van der Waals surface area contributed by atoms with E-state index >= 15 is 0 Å². The molecule has 0 radical (unpaired) electrons. The molecular weight excluding hydrogens is 403 g/mol. The van der Waals surface area contributed by atoms with Crippen LogP contribution in [-0.4, -0.2) is 43.4 Å². The first-order chi connectivity index (χ1) is 10.6. The largest absolute Gasteiger partial charge is 0.370 e. The van der Waals surface area contributed by atoms with E-state index in [-0.39, 0.29) is 29.9 Å². The number of primary amides is 1. The molecule has 0 aromatic rings. The number of unbranched alkanes of at least 4 members (excludes halogenated alkanes) is 1. The number of nitrogens with one attached hydrogen (secondary N) is 1. The van der Waals surface area contributed by atoms with Gasteiger partial charge in [0.2, 0.25) is 5.91 Å². The molecular formula is C17H35IN4O. The van der Waals surface area contributed by atoms with Crippen molar-refractivity contribution in [2.24, 2.45) is 22.6 Å². The van der Waals surface area contributed by atoms with Crippen molar-refractivity contribution in [3.05, 3.63) is 0 Å². The predicted molar refractivity (Wildman–Crippen MR) is 108 cm³/mol. The summed E-state index contributed by atoms with van der Waals surface area (Å²) in [5, 5.41) is 3.53. The molecule has 1 amide bonds. The van der Waals surface area contributed by atoms with E-state index in [0.29, 0.717) is 18.3 Å². The van der Waals surface area contributed by atoms with Gasteiger partial charge in [-0.1, -0.05) is 33.1 Å². The molecule has 5 nitrogen and oxygen atoms in total. The number of amides is 1. The smallest absolute Gasteiger partial charge is 0.217 e. The lowest BCUT2D eigenvalue weighted by Gasteiger charge is -2.35. The number of carbonyl (C=O) groups is 1. The zero-order valence-electron chi connectivity index (χ0n) is 15.0. The molecule has 136 valence electrons. The van der Waals surface area contributed by atoms with Gasteiger partial charge < -0.3 is 16.0 Å². The van der Waals surface area contributed by atoms with E-state index in [1.807, 2.05) is 7.05 Å². The van der Waals surface area contributed by atoms with Crippen molar-refractivity contribution in [2.75, 3.05) is 26.7 Å². The summed E-state index contributed by atoms with van der Waals surface area (Å²) in [6.45, 7) is 7.38. The van der Waals surface area contributed by atoms with Crippen LogP contribution in [-0.2, 0) is 4.79 Å². The van der Waals surface area contributed by atoms with Gasteiger partial charge in [0.05, 0.1) is 0 Å². The highest BCUT2D eigenvalue weighted by molar-refractivity contribution is 14.0. The van der Waals surface area contributed by atoms with Crippen molar-refractivity contribution in [3.8, 4) is 0 Å². The van der Waals surface area contributed by atoms with Gasteiger partial charge in [0.1, 0.15) is 0 Å². The first-order valence-electron chi connectivity index (χ1n) is 8.84. The second kappa shape index (κ2) is 12.8. The second-order valence-electron chi connectivity index (χ2n) is 6.47. The molecule has 2 unspecified atom stereocenters. The van der Waals surface area contributed by atoms with Crippen LogP contribution in [0.4, 0.5) is 0 Å². The van der Waals surface area contributed by atoms with Gasteiger partial charge in [-0.25, -0.2) is 0 Å². The molecule has 0 bridgehead atoms. The van der Waals surface area contributed by atoms with Crippen molar-refractivity contribution < 1.29 is 4.79 Å². The second-order valence-corrected chi connectivity index (χ2v) is 6.47. The van der Waals surface area contributed by atoms with Crippen LogP contribution < -0.4 is 11.1 Å². The molecule has 1 aliphatic heterocycles. The number of aliphatic imine (C=N–C) groups is 1. The van der Waals surface area contributed by atoms with Crippen LogP contribution in [0.1, 0.15) is 58.8 Å². The minimum atomic E-state index is -0.194. The van der Waals surface area contributed by atoms with Gasteiger partial charge in [0.15, 0.2) is 5.96 Å². The number of guanidine groups is 1. The highest BCUT2D eigenvalue weighted by Crippen LogP contribution is 2.19. The van der Waals surface area contributed by atoms with Gasteiger partial charge in [-0.15, -0.1) is 24.0 Å². The number of nitrogens with two attached hydrogens (primary N) is 1. The highest BCUT2D eigenvalue weighted by Gasteiger charge is 2.23. The van der Waals surface area contributed by atoms with Gasteiger partial charge in [0, 0.05) is 33.1 Å². The Kier molecular flexibility index (Phi) is 12.5. The number of nitrogens with zero attached hydrogens (tertiary/aromatic N) is 2. The predicted octanol–water partition coefficient (Wildman–Crippen LogP) is 2.98. The summed E-state index contributed by atoms with van der Waals surface area (Å²) in [6.07, 6.45) is 7.71. The van der Waals surface area contributed by atoms with Crippen molar-refractivity contribution in [2.45, 2.75) is 58.8 Å². The van der Waals surface area contributed by atoms with Crippen LogP contribution in [0.5, 0.6) is 0 Å². The number of carbonyl (C=O) groups excluding carboxylic acids is 1. The Balaban J connectivity index is 0.00000484. The van der Waals surface area contributed by atoms with E-state index in [1.54, 1.807) is 0 Å². The maximum Gasteiger partial charge on any atom is 0.217 e. The Morgan fingerprint density at radius 3 is 2.74 bits per heavy atom. The molecule has 0 aromatic carbocycles. The first-order valence-corrected chi connectivity index (χ1v) is 8.84. The molecule has 6 heteroatoms. The SMILES string of the molecule is CCCCC(CC)CNC(=NC)N1CCCC(CC(N)=O)C1.I. The summed E-state index contributed by atoms with van der Waals surface area (Å²) in [4.78, 5) is 17.8. The molecule has 23 heavy (non-hydrogen) atoms. The fourth-order valence-electron chi connectivity index (χ4n) is 3.22. The van der Waals surface area contributed by atoms with E-state index in [1.165, 1.54) is 25.7 Å². The van der Waals surface area contributed by atoms with Crippen LogP contribution in [0.15, 0.2) is 4.99 Å². The van der Waals surface area contributed by atoms with Crippen LogP contribution in [0.2, 0.25) is 0 Å². The minimum absolute atomic E-state index is 0. The summed E-state index contributed by atoms with van der Waals surface area (Å²) in [6, 6.07) is 0. The molecule has 3 N–H and O–H groups in total.